The van der Waals surface area contributed by atoms with Crippen molar-refractivity contribution in [1.29, 1.82) is 0 Å². The van der Waals surface area contributed by atoms with Gasteiger partial charge in [0.2, 0.25) is 11.8 Å². The number of piperidine rings is 1. The van der Waals surface area contributed by atoms with Crippen molar-refractivity contribution < 1.29 is 36.7 Å². The van der Waals surface area contributed by atoms with Crippen molar-refractivity contribution in [2.24, 2.45) is 17.8 Å². The number of rotatable bonds is 6. The zero-order valence-corrected chi connectivity index (χ0v) is 18.1. The Balaban J connectivity index is 1.31. The van der Waals surface area contributed by atoms with Crippen molar-refractivity contribution in [3.05, 3.63) is 29.0 Å². The number of hydrogen-bond acceptors (Lipinski definition) is 5. The van der Waals surface area contributed by atoms with Gasteiger partial charge >= 0.3 is 6.18 Å². The first-order chi connectivity index (χ1) is 15.5. The third kappa shape index (κ3) is 6.94. The smallest absolute Gasteiger partial charge is 0.391 e. The summed E-state index contributed by atoms with van der Waals surface area (Å²) in [5.74, 6) is -4.69. The first-order valence-electron chi connectivity index (χ1n) is 10.3. The highest BCUT2D eigenvalue weighted by atomic mass is 35.5. The molecular weight excluding hydrogens is 472 g/mol. The van der Waals surface area contributed by atoms with E-state index in [9.17, 15) is 31.9 Å². The minimum absolute atomic E-state index is 0.0589. The van der Waals surface area contributed by atoms with E-state index in [4.69, 9.17) is 16.3 Å². The summed E-state index contributed by atoms with van der Waals surface area (Å²) in [6.07, 6.45) is -4.07. The second-order valence-corrected chi connectivity index (χ2v) is 8.45. The second kappa shape index (κ2) is 10.6. The van der Waals surface area contributed by atoms with Gasteiger partial charge in [0.15, 0.2) is 6.61 Å². The third-order valence-electron chi connectivity index (χ3n) is 5.69. The quantitative estimate of drug-likeness (QED) is 0.416. The van der Waals surface area contributed by atoms with Crippen LogP contribution >= 0.6 is 11.6 Å². The van der Waals surface area contributed by atoms with Crippen LogP contribution in [-0.2, 0) is 14.4 Å². The molecule has 0 spiro atoms. The van der Waals surface area contributed by atoms with E-state index in [0.717, 1.165) is 6.07 Å². The number of amides is 3. The van der Waals surface area contributed by atoms with Crippen molar-refractivity contribution in [3.8, 4) is 5.75 Å². The molecule has 1 saturated heterocycles. The molecule has 0 bridgehead atoms. The van der Waals surface area contributed by atoms with Crippen molar-refractivity contribution in [1.82, 2.24) is 21.3 Å². The molecule has 2 fully saturated rings. The lowest BCUT2D eigenvalue weighted by atomic mass is 9.74. The highest BCUT2D eigenvalue weighted by Gasteiger charge is 2.50. The van der Waals surface area contributed by atoms with Crippen LogP contribution in [-0.4, -0.2) is 48.6 Å². The third-order valence-corrected chi connectivity index (χ3v) is 6.00. The molecule has 8 nitrogen and oxygen atoms in total. The number of carbonyl (C=O) groups excluding carboxylic acids is 3. The maximum atomic E-state index is 13.4. The van der Waals surface area contributed by atoms with E-state index in [-0.39, 0.29) is 30.2 Å². The Labute approximate surface area is 191 Å². The van der Waals surface area contributed by atoms with Gasteiger partial charge in [0.05, 0.1) is 10.9 Å². The van der Waals surface area contributed by atoms with E-state index >= 15 is 0 Å². The highest BCUT2D eigenvalue weighted by Crippen LogP contribution is 2.44. The van der Waals surface area contributed by atoms with Gasteiger partial charge in [-0.2, -0.15) is 13.2 Å². The fourth-order valence-electron chi connectivity index (χ4n) is 3.60. The molecule has 13 heteroatoms. The van der Waals surface area contributed by atoms with Crippen LogP contribution in [0.2, 0.25) is 5.02 Å². The molecular formula is C20H23ClF4N4O4. The average Bonchev–Trinajstić information content (AvgIpc) is 2.71. The molecule has 0 unspecified atom stereocenters. The number of hydrogen-bond donors (Lipinski definition) is 3. The lowest BCUT2D eigenvalue weighted by Gasteiger charge is -2.35. The van der Waals surface area contributed by atoms with Gasteiger partial charge < -0.3 is 4.74 Å². The summed E-state index contributed by atoms with van der Waals surface area (Å²) in [6, 6.07) is 3.81. The van der Waals surface area contributed by atoms with Crippen molar-refractivity contribution in [2.45, 2.75) is 31.9 Å². The minimum Gasteiger partial charge on any atom is -0.484 e. The summed E-state index contributed by atoms with van der Waals surface area (Å²) in [6.45, 7) is 0.385. The molecule has 0 atom stereocenters. The molecule has 0 aromatic heterocycles. The first kappa shape index (κ1) is 25.0. The SMILES string of the molecule is O=C(COc1ccc(Cl)c(F)c1)NN1CCC(C(=O)NNC(=O)[C@H]2C[C@@H](C(F)(F)F)C2)CC1. The lowest BCUT2D eigenvalue weighted by Crippen LogP contribution is -2.53. The summed E-state index contributed by atoms with van der Waals surface area (Å²) in [5.41, 5.74) is 7.10. The molecule has 1 aromatic carbocycles. The lowest BCUT2D eigenvalue weighted by molar-refractivity contribution is -0.204. The van der Waals surface area contributed by atoms with Crippen LogP contribution in [0.5, 0.6) is 5.75 Å². The van der Waals surface area contributed by atoms with Crippen molar-refractivity contribution in [2.75, 3.05) is 19.7 Å². The van der Waals surface area contributed by atoms with Gasteiger partial charge in [-0.25, -0.2) is 9.40 Å². The fourth-order valence-corrected chi connectivity index (χ4v) is 3.72. The van der Waals surface area contributed by atoms with Gasteiger partial charge in [0, 0.05) is 31.0 Å². The van der Waals surface area contributed by atoms with Gasteiger partial charge in [0.1, 0.15) is 11.6 Å². The van der Waals surface area contributed by atoms with E-state index in [1.165, 1.54) is 12.1 Å². The highest BCUT2D eigenvalue weighted by molar-refractivity contribution is 6.30. The van der Waals surface area contributed by atoms with Crippen molar-refractivity contribution >= 4 is 29.3 Å². The zero-order valence-electron chi connectivity index (χ0n) is 17.4. The molecule has 3 amide bonds. The summed E-state index contributed by atoms with van der Waals surface area (Å²) in [5, 5.41) is 1.55. The predicted octanol–water partition coefficient (Wildman–Crippen LogP) is 2.34. The van der Waals surface area contributed by atoms with Crippen LogP contribution in [0.15, 0.2) is 18.2 Å². The fraction of sp³-hybridized carbons (Fsp3) is 0.550. The van der Waals surface area contributed by atoms with Crippen LogP contribution in [0.3, 0.4) is 0 Å². The average molecular weight is 495 g/mol. The Bertz CT molecular complexity index is 887. The monoisotopic (exact) mass is 494 g/mol. The number of carbonyl (C=O) groups is 3. The molecule has 1 heterocycles. The topological polar surface area (TPSA) is 99.8 Å². The van der Waals surface area contributed by atoms with Gasteiger partial charge in [-0.15, -0.1) is 0 Å². The first-order valence-corrected chi connectivity index (χ1v) is 10.7. The number of nitrogens with zero attached hydrogens (tertiary/aromatic N) is 1. The molecule has 3 rings (SSSR count). The number of hydrazine groups is 2. The van der Waals surface area contributed by atoms with Crippen molar-refractivity contribution in [3.63, 3.8) is 0 Å². The van der Waals surface area contributed by atoms with Crippen LogP contribution in [0.1, 0.15) is 25.7 Å². The Morgan fingerprint density at radius 2 is 1.67 bits per heavy atom. The van der Waals surface area contributed by atoms with E-state index in [1.807, 2.05) is 0 Å². The molecule has 1 saturated carbocycles. The van der Waals surface area contributed by atoms with Gasteiger partial charge in [0.25, 0.3) is 5.91 Å². The van der Waals surface area contributed by atoms with Gasteiger partial charge in [-0.05, 0) is 37.8 Å². The molecule has 33 heavy (non-hydrogen) atoms. The van der Waals surface area contributed by atoms with E-state index in [1.54, 1.807) is 5.01 Å². The zero-order chi connectivity index (χ0) is 24.2. The maximum Gasteiger partial charge on any atom is 0.391 e. The Morgan fingerprint density at radius 1 is 1.06 bits per heavy atom. The molecule has 182 valence electrons. The number of ether oxygens (including phenoxy) is 1. The molecule has 0 radical (unpaired) electrons. The number of halogens is 5. The largest absolute Gasteiger partial charge is 0.484 e. The molecule has 1 aliphatic heterocycles. The van der Waals surface area contributed by atoms with Gasteiger partial charge in [-0.3, -0.25) is 30.7 Å². The molecule has 3 N–H and O–H groups in total. The number of benzene rings is 1. The Kier molecular flexibility index (Phi) is 8.01. The summed E-state index contributed by atoms with van der Waals surface area (Å²) < 4.78 is 56.1. The van der Waals surface area contributed by atoms with E-state index < -0.39 is 47.5 Å². The molecule has 2 aliphatic rings. The second-order valence-electron chi connectivity index (χ2n) is 8.05. The van der Waals surface area contributed by atoms with Crippen LogP contribution in [0.25, 0.3) is 0 Å². The Hall–Kier alpha value is -2.60. The Morgan fingerprint density at radius 3 is 2.24 bits per heavy atom. The van der Waals surface area contributed by atoms with Crippen LogP contribution in [0, 0.1) is 23.6 Å². The molecule has 1 aliphatic carbocycles. The standard InChI is InChI=1S/C20H23ClF4N4O4/c21-15-2-1-14(9-16(15)22)33-10-17(30)28-29-5-3-11(4-6-29)18(31)26-27-19(32)12-7-13(8-12)20(23,24)25/h1-2,9,11-13H,3-8,10H2,(H,26,31)(H,27,32)(H,28,30)/t12-,13+. The summed E-state index contributed by atoms with van der Waals surface area (Å²) >= 11 is 5.58. The molecule has 1 aromatic rings. The van der Waals surface area contributed by atoms with Gasteiger partial charge in [-0.1, -0.05) is 11.6 Å². The summed E-state index contributed by atoms with van der Waals surface area (Å²) in [4.78, 5) is 36.1. The minimum atomic E-state index is -4.30. The van der Waals surface area contributed by atoms with E-state index in [0.29, 0.717) is 25.9 Å². The predicted molar refractivity (Wildman–Crippen MR) is 108 cm³/mol. The number of alkyl halides is 3. The maximum absolute atomic E-state index is 13.4. The summed E-state index contributed by atoms with van der Waals surface area (Å²) in [7, 11) is 0. The normalized spacial score (nSPS) is 21.6. The van der Waals surface area contributed by atoms with Crippen LogP contribution in [0.4, 0.5) is 17.6 Å². The van der Waals surface area contributed by atoms with Crippen LogP contribution < -0.4 is 21.0 Å². The van der Waals surface area contributed by atoms with E-state index in [2.05, 4.69) is 16.3 Å². The number of nitrogens with one attached hydrogen (secondary N) is 3.